The Morgan fingerprint density at radius 2 is 1.94 bits per heavy atom. The van der Waals surface area contributed by atoms with Crippen LogP contribution in [0.5, 0.6) is 0 Å². The van der Waals surface area contributed by atoms with E-state index in [4.69, 9.17) is 5.26 Å². The molecule has 0 saturated carbocycles. The van der Waals surface area contributed by atoms with Crippen molar-refractivity contribution in [3.05, 3.63) is 89.0 Å². The van der Waals surface area contributed by atoms with Gasteiger partial charge in [0.25, 0.3) is 0 Å². The van der Waals surface area contributed by atoms with Crippen molar-refractivity contribution in [2.45, 2.75) is 38.8 Å². The second-order valence-electron chi connectivity index (χ2n) is 8.39. The molecule has 32 heavy (non-hydrogen) atoms. The van der Waals surface area contributed by atoms with Gasteiger partial charge in [0.2, 0.25) is 5.91 Å². The van der Waals surface area contributed by atoms with Crippen LogP contribution in [0.15, 0.2) is 60.8 Å². The Labute approximate surface area is 189 Å². The molecule has 1 aliphatic rings. The molecule has 6 heteroatoms. The van der Waals surface area contributed by atoms with Gasteiger partial charge in [0.05, 0.1) is 11.6 Å². The lowest BCUT2D eigenvalue weighted by Crippen LogP contribution is -2.27. The van der Waals surface area contributed by atoms with E-state index >= 15 is 0 Å². The zero-order valence-corrected chi connectivity index (χ0v) is 18.3. The number of H-pyrrole nitrogens is 1. The number of nitrogens with one attached hydrogen (secondary N) is 2. The molecule has 0 aliphatic carbocycles. The van der Waals surface area contributed by atoms with E-state index in [-0.39, 0.29) is 5.92 Å². The Morgan fingerprint density at radius 3 is 2.72 bits per heavy atom. The van der Waals surface area contributed by atoms with Gasteiger partial charge >= 0.3 is 0 Å². The number of aromatic nitrogens is 2. The molecule has 2 aromatic carbocycles. The van der Waals surface area contributed by atoms with Gasteiger partial charge in [0.15, 0.2) is 0 Å². The van der Waals surface area contributed by atoms with E-state index in [9.17, 15) is 4.79 Å². The van der Waals surface area contributed by atoms with E-state index in [1.807, 2.05) is 53.6 Å². The summed E-state index contributed by atoms with van der Waals surface area (Å²) in [4.78, 5) is 22.5. The van der Waals surface area contributed by atoms with Gasteiger partial charge in [-0.1, -0.05) is 42.5 Å². The summed E-state index contributed by atoms with van der Waals surface area (Å²) in [6.45, 7) is 3.20. The molecule has 1 amide bonds. The van der Waals surface area contributed by atoms with Crippen LogP contribution >= 0.6 is 0 Å². The lowest BCUT2D eigenvalue weighted by atomic mass is 10.0. The molecule has 3 aromatic rings. The first kappa shape index (κ1) is 21.8. The van der Waals surface area contributed by atoms with Gasteiger partial charge in [0.1, 0.15) is 5.82 Å². The maximum atomic E-state index is 12.7. The standard InChI is InChI=1S/C26H29N5O/c27-16-21-10-8-20(9-11-21)15-25-29-18-24(30-25)17-28-13-4-7-23-12-14-31(26(23)32)19-22-5-2-1-3-6-22/h1-3,5-6,8-11,18,23,28H,4,7,12-15,17,19H2,(H,29,30). The number of nitriles is 1. The number of rotatable bonds is 10. The molecule has 164 valence electrons. The van der Waals surface area contributed by atoms with E-state index in [0.29, 0.717) is 11.5 Å². The molecular formula is C26H29N5O. The number of imidazole rings is 1. The molecule has 1 saturated heterocycles. The Balaban J connectivity index is 1.14. The highest BCUT2D eigenvalue weighted by Gasteiger charge is 2.30. The molecule has 0 radical (unpaired) electrons. The number of amides is 1. The van der Waals surface area contributed by atoms with Gasteiger partial charge < -0.3 is 15.2 Å². The minimum Gasteiger partial charge on any atom is -0.345 e. The second kappa shape index (κ2) is 10.7. The summed E-state index contributed by atoms with van der Waals surface area (Å²) in [5.74, 6) is 1.38. The highest BCUT2D eigenvalue weighted by atomic mass is 16.2. The van der Waals surface area contributed by atoms with Crippen LogP contribution in [-0.2, 0) is 24.3 Å². The molecule has 4 rings (SSSR count). The third kappa shape index (κ3) is 5.83. The van der Waals surface area contributed by atoms with Gasteiger partial charge in [-0.15, -0.1) is 0 Å². The number of likely N-dealkylation sites (tertiary alicyclic amines) is 1. The van der Waals surface area contributed by atoms with E-state index in [2.05, 4.69) is 33.5 Å². The monoisotopic (exact) mass is 427 g/mol. The zero-order chi connectivity index (χ0) is 22.2. The van der Waals surface area contributed by atoms with Gasteiger partial charge in [0, 0.05) is 43.9 Å². The van der Waals surface area contributed by atoms with Gasteiger partial charge in [-0.25, -0.2) is 4.98 Å². The fourth-order valence-electron chi connectivity index (χ4n) is 4.20. The van der Waals surface area contributed by atoms with Crippen LogP contribution in [0.1, 0.15) is 47.5 Å². The van der Waals surface area contributed by atoms with Crippen molar-refractivity contribution in [3.63, 3.8) is 0 Å². The lowest BCUT2D eigenvalue weighted by Gasteiger charge is -2.17. The Hall–Kier alpha value is -3.43. The van der Waals surface area contributed by atoms with Crippen LogP contribution in [0.4, 0.5) is 0 Å². The SMILES string of the molecule is N#Cc1ccc(Cc2ncc(CNCCCC3CCN(Cc4ccccc4)C3=O)[nH]2)cc1. The Kier molecular flexibility index (Phi) is 7.31. The van der Waals surface area contributed by atoms with Crippen molar-refractivity contribution in [1.29, 1.82) is 5.26 Å². The quantitative estimate of drug-likeness (QED) is 0.482. The first-order valence-corrected chi connectivity index (χ1v) is 11.3. The highest BCUT2D eigenvalue weighted by Crippen LogP contribution is 2.24. The summed E-state index contributed by atoms with van der Waals surface area (Å²) in [7, 11) is 0. The van der Waals surface area contributed by atoms with Crippen LogP contribution in [-0.4, -0.2) is 33.9 Å². The summed E-state index contributed by atoms with van der Waals surface area (Å²) in [5, 5.41) is 12.3. The first-order chi connectivity index (χ1) is 15.7. The van der Waals surface area contributed by atoms with Crippen LogP contribution in [0.3, 0.4) is 0 Å². The maximum absolute atomic E-state index is 12.7. The minimum absolute atomic E-state index is 0.159. The lowest BCUT2D eigenvalue weighted by molar-refractivity contribution is -0.131. The third-order valence-electron chi connectivity index (χ3n) is 5.98. The molecular weight excluding hydrogens is 398 g/mol. The van der Waals surface area contributed by atoms with Crippen molar-refractivity contribution in [3.8, 4) is 6.07 Å². The number of benzene rings is 2. The average molecular weight is 428 g/mol. The van der Waals surface area contributed by atoms with Crippen LogP contribution in [0, 0.1) is 17.2 Å². The molecule has 1 fully saturated rings. The third-order valence-corrected chi connectivity index (χ3v) is 5.98. The summed E-state index contributed by atoms with van der Waals surface area (Å²) in [6.07, 6.45) is 5.47. The van der Waals surface area contributed by atoms with Crippen molar-refractivity contribution in [1.82, 2.24) is 20.2 Å². The molecule has 6 nitrogen and oxygen atoms in total. The van der Waals surface area contributed by atoms with Gasteiger partial charge in [-0.3, -0.25) is 4.79 Å². The predicted octanol–water partition coefficient (Wildman–Crippen LogP) is 3.79. The molecule has 0 bridgehead atoms. The molecule has 0 spiro atoms. The Morgan fingerprint density at radius 1 is 1.12 bits per heavy atom. The van der Waals surface area contributed by atoms with Crippen molar-refractivity contribution < 1.29 is 4.79 Å². The van der Waals surface area contributed by atoms with Crippen molar-refractivity contribution in [2.75, 3.05) is 13.1 Å². The first-order valence-electron chi connectivity index (χ1n) is 11.3. The molecule has 1 atom stereocenters. The Bertz CT molecular complexity index is 1050. The predicted molar refractivity (Wildman–Crippen MR) is 123 cm³/mol. The normalized spacial score (nSPS) is 15.8. The number of hydrogen-bond acceptors (Lipinski definition) is 4. The maximum Gasteiger partial charge on any atom is 0.226 e. The van der Waals surface area contributed by atoms with E-state index < -0.39 is 0 Å². The largest absolute Gasteiger partial charge is 0.345 e. The van der Waals surface area contributed by atoms with E-state index in [1.54, 1.807) is 0 Å². The van der Waals surface area contributed by atoms with Crippen LogP contribution < -0.4 is 5.32 Å². The van der Waals surface area contributed by atoms with Crippen LogP contribution in [0.25, 0.3) is 0 Å². The topological polar surface area (TPSA) is 84.8 Å². The van der Waals surface area contributed by atoms with Crippen molar-refractivity contribution >= 4 is 5.91 Å². The molecule has 1 aromatic heterocycles. The zero-order valence-electron chi connectivity index (χ0n) is 18.3. The fraction of sp³-hybridized carbons (Fsp3) is 0.346. The van der Waals surface area contributed by atoms with E-state index in [0.717, 1.165) is 68.9 Å². The molecule has 1 unspecified atom stereocenters. The highest BCUT2D eigenvalue weighted by molar-refractivity contribution is 5.80. The van der Waals surface area contributed by atoms with Crippen molar-refractivity contribution in [2.24, 2.45) is 5.92 Å². The smallest absolute Gasteiger partial charge is 0.226 e. The molecule has 1 aliphatic heterocycles. The summed E-state index contributed by atoms with van der Waals surface area (Å²) >= 11 is 0. The van der Waals surface area contributed by atoms with Gasteiger partial charge in [-0.2, -0.15) is 5.26 Å². The summed E-state index contributed by atoms with van der Waals surface area (Å²) in [6, 6.07) is 19.9. The van der Waals surface area contributed by atoms with Crippen LogP contribution in [0.2, 0.25) is 0 Å². The number of carbonyl (C=O) groups excluding carboxylic acids is 1. The van der Waals surface area contributed by atoms with E-state index in [1.165, 1.54) is 5.56 Å². The number of aromatic amines is 1. The average Bonchev–Trinajstić information content (AvgIpc) is 3.41. The van der Waals surface area contributed by atoms with Gasteiger partial charge in [-0.05, 0) is 49.1 Å². The fourth-order valence-corrected chi connectivity index (χ4v) is 4.20. The number of nitrogens with zero attached hydrogens (tertiary/aromatic N) is 3. The molecule has 2 heterocycles. The summed E-state index contributed by atoms with van der Waals surface area (Å²) < 4.78 is 0. The summed E-state index contributed by atoms with van der Waals surface area (Å²) in [5.41, 5.74) is 4.04. The minimum atomic E-state index is 0.159. The number of carbonyl (C=O) groups is 1. The molecule has 2 N–H and O–H groups in total. The number of hydrogen-bond donors (Lipinski definition) is 2. The second-order valence-corrected chi connectivity index (χ2v) is 8.39.